The molecule has 1 aliphatic rings. The number of nitrogens with two attached hydrogens (primary N) is 1. The fourth-order valence-electron chi connectivity index (χ4n) is 2.18. The van der Waals surface area contributed by atoms with E-state index < -0.39 is 0 Å². The monoisotopic (exact) mass is 235 g/mol. The molecule has 1 saturated heterocycles. The molecule has 4 heteroatoms. The molecule has 2 unspecified atom stereocenters. The molecule has 1 aromatic rings. The van der Waals surface area contributed by atoms with Crippen molar-refractivity contribution in [2.45, 2.75) is 18.9 Å². The summed E-state index contributed by atoms with van der Waals surface area (Å²) in [6.07, 6.45) is 4.15. The van der Waals surface area contributed by atoms with Crippen LogP contribution in [0.1, 0.15) is 24.4 Å². The van der Waals surface area contributed by atoms with Crippen LogP contribution in [0.3, 0.4) is 0 Å². The molecule has 2 heterocycles. The molecule has 0 aliphatic carbocycles. The van der Waals surface area contributed by atoms with E-state index >= 15 is 0 Å². The Hall–Kier alpha value is -1.13. The highest BCUT2D eigenvalue weighted by atomic mass is 16.5. The lowest BCUT2D eigenvalue weighted by atomic mass is 9.90. The third-order valence-electron chi connectivity index (χ3n) is 3.32. The van der Waals surface area contributed by atoms with Crippen LogP contribution in [0.4, 0.5) is 5.82 Å². The molecule has 0 aromatic carbocycles. The van der Waals surface area contributed by atoms with Crippen LogP contribution in [-0.2, 0) is 4.74 Å². The summed E-state index contributed by atoms with van der Waals surface area (Å²) in [5.74, 6) is 1.39. The lowest BCUT2D eigenvalue weighted by molar-refractivity contribution is 0.0447. The highest BCUT2D eigenvalue weighted by molar-refractivity contribution is 5.37. The van der Waals surface area contributed by atoms with Gasteiger partial charge in [0.15, 0.2) is 0 Å². The van der Waals surface area contributed by atoms with Gasteiger partial charge in [-0.05, 0) is 24.5 Å². The summed E-state index contributed by atoms with van der Waals surface area (Å²) in [7, 11) is 3.97. The van der Waals surface area contributed by atoms with Crippen molar-refractivity contribution < 1.29 is 4.74 Å². The first-order valence-corrected chi connectivity index (χ1v) is 6.15. The average Bonchev–Trinajstić information content (AvgIpc) is 2.39. The summed E-state index contributed by atoms with van der Waals surface area (Å²) in [6, 6.07) is 4.12. The Morgan fingerprint density at radius 1 is 1.47 bits per heavy atom. The van der Waals surface area contributed by atoms with Crippen molar-refractivity contribution in [3.05, 3.63) is 23.9 Å². The highest BCUT2D eigenvalue weighted by Gasteiger charge is 2.22. The first kappa shape index (κ1) is 12.3. The summed E-state index contributed by atoms with van der Waals surface area (Å²) < 4.78 is 5.48. The van der Waals surface area contributed by atoms with Gasteiger partial charge in [-0.1, -0.05) is 6.07 Å². The van der Waals surface area contributed by atoms with Crippen LogP contribution in [0.2, 0.25) is 0 Å². The summed E-state index contributed by atoms with van der Waals surface area (Å²) in [4.78, 5) is 6.38. The van der Waals surface area contributed by atoms with E-state index in [1.165, 1.54) is 0 Å². The summed E-state index contributed by atoms with van der Waals surface area (Å²) in [5.41, 5.74) is 7.37. The van der Waals surface area contributed by atoms with Gasteiger partial charge in [0, 0.05) is 38.9 Å². The second-order valence-electron chi connectivity index (χ2n) is 4.85. The Balaban J connectivity index is 2.05. The van der Waals surface area contributed by atoms with E-state index in [1.54, 1.807) is 0 Å². The van der Waals surface area contributed by atoms with Gasteiger partial charge >= 0.3 is 0 Å². The van der Waals surface area contributed by atoms with Crippen molar-refractivity contribution in [3.8, 4) is 0 Å². The Labute approximate surface area is 103 Å². The smallest absolute Gasteiger partial charge is 0.127 e. The number of hydrogen-bond acceptors (Lipinski definition) is 4. The second kappa shape index (κ2) is 5.47. The standard InChI is InChI=1S/C13H21N3O/c1-16(2)12-6-5-10(8-15-12)13(14)11-4-3-7-17-9-11/h5-6,8,11,13H,3-4,7,9,14H2,1-2H3. The summed E-state index contributed by atoms with van der Waals surface area (Å²) >= 11 is 0. The van der Waals surface area contributed by atoms with Gasteiger partial charge in [-0.2, -0.15) is 0 Å². The molecule has 0 saturated carbocycles. The maximum Gasteiger partial charge on any atom is 0.127 e. The molecular weight excluding hydrogens is 214 g/mol. The van der Waals surface area contributed by atoms with Crippen molar-refractivity contribution in [1.82, 2.24) is 4.98 Å². The Morgan fingerprint density at radius 3 is 2.82 bits per heavy atom. The predicted molar refractivity (Wildman–Crippen MR) is 69.0 cm³/mol. The van der Waals surface area contributed by atoms with Gasteiger partial charge in [0.25, 0.3) is 0 Å². The van der Waals surface area contributed by atoms with Gasteiger partial charge in [-0.15, -0.1) is 0 Å². The number of anilines is 1. The van der Waals surface area contributed by atoms with E-state index in [9.17, 15) is 0 Å². The molecule has 1 aliphatic heterocycles. The van der Waals surface area contributed by atoms with Crippen molar-refractivity contribution in [2.24, 2.45) is 11.7 Å². The molecule has 2 rings (SSSR count). The van der Waals surface area contributed by atoms with Crippen molar-refractivity contribution in [1.29, 1.82) is 0 Å². The number of pyridine rings is 1. The summed E-state index contributed by atoms with van der Waals surface area (Å²) in [6.45, 7) is 1.65. The van der Waals surface area contributed by atoms with E-state index in [2.05, 4.69) is 11.1 Å². The van der Waals surface area contributed by atoms with Crippen LogP contribution >= 0.6 is 0 Å². The van der Waals surface area contributed by atoms with E-state index in [-0.39, 0.29) is 6.04 Å². The molecule has 0 bridgehead atoms. The van der Waals surface area contributed by atoms with Crippen LogP contribution in [0.15, 0.2) is 18.3 Å². The second-order valence-corrected chi connectivity index (χ2v) is 4.85. The SMILES string of the molecule is CN(C)c1ccc(C(N)C2CCCOC2)cn1. The fraction of sp³-hybridized carbons (Fsp3) is 0.615. The Bertz CT molecular complexity index is 344. The van der Waals surface area contributed by atoms with Crippen molar-refractivity contribution in [3.63, 3.8) is 0 Å². The lowest BCUT2D eigenvalue weighted by Crippen LogP contribution is -2.29. The van der Waals surface area contributed by atoms with E-state index in [4.69, 9.17) is 10.5 Å². The molecule has 1 fully saturated rings. The largest absolute Gasteiger partial charge is 0.381 e. The number of ether oxygens (including phenoxy) is 1. The fourth-order valence-corrected chi connectivity index (χ4v) is 2.18. The molecule has 2 atom stereocenters. The maximum atomic E-state index is 6.26. The Morgan fingerprint density at radius 2 is 2.29 bits per heavy atom. The van der Waals surface area contributed by atoms with E-state index in [1.807, 2.05) is 31.3 Å². The number of aromatic nitrogens is 1. The van der Waals surface area contributed by atoms with E-state index in [0.717, 1.165) is 37.4 Å². The van der Waals surface area contributed by atoms with Gasteiger partial charge in [-0.3, -0.25) is 0 Å². The zero-order valence-electron chi connectivity index (χ0n) is 10.6. The van der Waals surface area contributed by atoms with Crippen LogP contribution < -0.4 is 10.6 Å². The molecular formula is C13H21N3O. The zero-order valence-corrected chi connectivity index (χ0v) is 10.6. The van der Waals surface area contributed by atoms with Crippen LogP contribution in [0, 0.1) is 5.92 Å². The minimum Gasteiger partial charge on any atom is -0.381 e. The van der Waals surface area contributed by atoms with Crippen LogP contribution in [-0.4, -0.2) is 32.3 Å². The Kier molecular flexibility index (Phi) is 3.97. The first-order chi connectivity index (χ1) is 8.18. The lowest BCUT2D eigenvalue weighted by Gasteiger charge is -2.27. The molecule has 1 aromatic heterocycles. The van der Waals surface area contributed by atoms with Gasteiger partial charge < -0.3 is 15.4 Å². The third kappa shape index (κ3) is 2.96. The van der Waals surface area contributed by atoms with Crippen molar-refractivity contribution >= 4 is 5.82 Å². The topological polar surface area (TPSA) is 51.4 Å². The van der Waals surface area contributed by atoms with E-state index in [0.29, 0.717) is 5.92 Å². The maximum absolute atomic E-state index is 6.26. The predicted octanol–water partition coefficient (Wildman–Crippen LogP) is 1.57. The molecule has 0 radical (unpaired) electrons. The van der Waals surface area contributed by atoms with Gasteiger partial charge in [-0.25, -0.2) is 4.98 Å². The molecule has 2 N–H and O–H groups in total. The molecule has 17 heavy (non-hydrogen) atoms. The van der Waals surface area contributed by atoms with Crippen molar-refractivity contribution in [2.75, 3.05) is 32.2 Å². The van der Waals surface area contributed by atoms with Gasteiger partial charge in [0.1, 0.15) is 5.82 Å². The third-order valence-corrected chi connectivity index (χ3v) is 3.32. The number of rotatable bonds is 3. The molecule has 4 nitrogen and oxygen atoms in total. The molecule has 0 spiro atoms. The van der Waals surface area contributed by atoms with Crippen LogP contribution in [0.5, 0.6) is 0 Å². The zero-order chi connectivity index (χ0) is 12.3. The average molecular weight is 235 g/mol. The molecule has 94 valence electrons. The normalized spacial score (nSPS) is 22.2. The summed E-state index contributed by atoms with van der Waals surface area (Å²) in [5, 5.41) is 0. The number of hydrogen-bond donors (Lipinski definition) is 1. The minimum atomic E-state index is 0.0408. The number of nitrogens with zero attached hydrogens (tertiary/aromatic N) is 2. The van der Waals surface area contributed by atoms with Gasteiger partial charge in [0.2, 0.25) is 0 Å². The van der Waals surface area contributed by atoms with Crippen LogP contribution in [0.25, 0.3) is 0 Å². The highest BCUT2D eigenvalue weighted by Crippen LogP contribution is 2.26. The minimum absolute atomic E-state index is 0.0408. The first-order valence-electron chi connectivity index (χ1n) is 6.15. The van der Waals surface area contributed by atoms with Gasteiger partial charge in [0.05, 0.1) is 6.61 Å². The quantitative estimate of drug-likeness (QED) is 0.864. The molecule has 0 amide bonds.